The smallest absolute Gasteiger partial charge is 0.122 e. The zero-order valence-corrected chi connectivity index (χ0v) is 12.6. The van der Waals surface area contributed by atoms with Crippen LogP contribution in [0.4, 0.5) is 0 Å². The van der Waals surface area contributed by atoms with Crippen molar-refractivity contribution in [3.05, 3.63) is 65.7 Å². The number of nitrogens with one attached hydrogen (secondary N) is 1. The predicted octanol–water partition coefficient (Wildman–Crippen LogP) is 3.77. The lowest BCUT2D eigenvalue weighted by atomic mass is 9.84. The Morgan fingerprint density at radius 1 is 1.10 bits per heavy atom. The molecule has 2 aromatic rings. The van der Waals surface area contributed by atoms with Crippen LogP contribution in [0.5, 0.6) is 5.75 Å². The maximum Gasteiger partial charge on any atom is 0.122 e. The molecule has 0 spiro atoms. The molecule has 0 fully saturated rings. The van der Waals surface area contributed by atoms with E-state index in [0.717, 1.165) is 31.6 Å². The fraction of sp³-hybridized carbons (Fsp3) is 0.368. The minimum absolute atomic E-state index is 0.496. The van der Waals surface area contributed by atoms with Gasteiger partial charge in [-0.3, -0.25) is 0 Å². The molecule has 0 saturated heterocycles. The second-order valence-electron chi connectivity index (χ2n) is 5.70. The monoisotopic (exact) mass is 281 g/mol. The molecule has 1 N–H and O–H groups in total. The molecule has 21 heavy (non-hydrogen) atoms. The van der Waals surface area contributed by atoms with E-state index < -0.39 is 0 Å². The van der Waals surface area contributed by atoms with Crippen LogP contribution in [0.1, 0.15) is 29.9 Å². The minimum Gasteiger partial charge on any atom is -0.493 e. The van der Waals surface area contributed by atoms with Crippen LogP contribution in [0.3, 0.4) is 0 Å². The molecule has 1 aliphatic heterocycles. The van der Waals surface area contributed by atoms with Gasteiger partial charge in [-0.2, -0.15) is 0 Å². The summed E-state index contributed by atoms with van der Waals surface area (Å²) in [5, 5.41) is 3.53. The average Bonchev–Trinajstić information content (AvgIpc) is 2.56. The summed E-state index contributed by atoms with van der Waals surface area (Å²) in [5.74, 6) is 1.61. The number of fused-ring (bicyclic) bond motifs is 1. The predicted molar refractivity (Wildman–Crippen MR) is 86.9 cm³/mol. The van der Waals surface area contributed by atoms with Crippen molar-refractivity contribution >= 4 is 0 Å². The number of hydrogen-bond acceptors (Lipinski definition) is 2. The molecule has 2 atom stereocenters. The van der Waals surface area contributed by atoms with Gasteiger partial charge in [-0.1, -0.05) is 48.5 Å². The van der Waals surface area contributed by atoms with Crippen LogP contribution in [-0.4, -0.2) is 19.7 Å². The van der Waals surface area contributed by atoms with Crippen molar-refractivity contribution in [1.82, 2.24) is 5.32 Å². The van der Waals surface area contributed by atoms with Crippen LogP contribution in [0.25, 0.3) is 0 Å². The van der Waals surface area contributed by atoms with E-state index in [-0.39, 0.29) is 0 Å². The Labute approximate surface area is 127 Å². The first-order valence-corrected chi connectivity index (χ1v) is 7.81. The molecule has 1 aliphatic rings. The second-order valence-corrected chi connectivity index (χ2v) is 5.70. The van der Waals surface area contributed by atoms with Crippen molar-refractivity contribution in [3.8, 4) is 5.75 Å². The molecule has 3 rings (SSSR count). The highest BCUT2D eigenvalue weighted by atomic mass is 16.5. The van der Waals surface area contributed by atoms with Gasteiger partial charge < -0.3 is 10.1 Å². The van der Waals surface area contributed by atoms with Crippen LogP contribution in [0, 0.1) is 0 Å². The number of hydrogen-bond donors (Lipinski definition) is 1. The normalized spacial score (nSPS) is 18.6. The third-order valence-electron chi connectivity index (χ3n) is 4.45. The molecule has 0 bridgehead atoms. The van der Waals surface area contributed by atoms with E-state index in [9.17, 15) is 0 Å². The number of likely N-dealkylation sites (N-methyl/N-ethyl adjacent to an activating group) is 1. The fourth-order valence-corrected chi connectivity index (χ4v) is 3.30. The summed E-state index contributed by atoms with van der Waals surface area (Å²) >= 11 is 0. The summed E-state index contributed by atoms with van der Waals surface area (Å²) in [4.78, 5) is 0. The summed E-state index contributed by atoms with van der Waals surface area (Å²) in [6, 6.07) is 19.7. The molecule has 1 heterocycles. The number of ether oxygens (including phenoxy) is 1. The van der Waals surface area contributed by atoms with E-state index in [1.165, 1.54) is 11.1 Å². The number of rotatable bonds is 5. The molecule has 110 valence electrons. The van der Waals surface area contributed by atoms with E-state index in [4.69, 9.17) is 4.74 Å². The maximum absolute atomic E-state index is 5.78. The van der Waals surface area contributed by atoms with E-state index >= 15 is 0 Å². The number of aryl methyl sites for hydroxylation is 1. The molecule has 0 aliphatic carbocycles. The van der Waals surface area contributed by atoms with E-state index in [0.29, 0.717) is 12.0 Å². The zero-order chi connectivity index (χ0) is 14.5. The average molecular weight is 281 g/mol. The van der Waals surface area contributed by atoms with Crippen LogP contribution >= 0.6 is 0 Å². The van der Waals surface area contributed by atoms with Crippen LogP contribution in [-0.2, 0) is 6.42 Å². The van der Waals surface area contributed by atoms with Crippen LogP contribution < -0.4 is 10.1 Å². The Morgan fingerprint density at radius 3 is 2.67 bits per heavy atom. The van der Waals surface area contributed by atoms with Gasteiger partial charge in [0.25, 0.3) is 0 Å². The first kappa shape index (κ1) is 14.2. The highest BCUT2D eigenvalue weighted by Crippen LogP contribution is 2.36. The van der Waals surface area contributed by atoms with Gasteiger partial charge in [0, 0.05) is 12.0 Å². The van der Waals surface area contributed by atoms with E-state index in [2.05, 4.69) is 67.0 Å². The molecule has 0 aromatic heterocycles. The van der Waals surface area contributed by atoms with Gasteiger partial charge in [0.15, 0.2) is 0 Å². The molecule has 0 amide bonds. The Kier molecular flexibility index (Phi) is 4.56. The van der Waals surface area contributed by atoms with Crippen molar-refractivity contribution in [2.75, 3.05) is 13.7 Å². The number of benzene rings is 2. The lowest BCUT2D eigenvalue weighted by Crippen LogP contribution is -2.35. The fourth-order valence-electron chi connectivity index (χ4n) is 3.30. The summed E-state index contributed by atoms with van der Waals surface area (Å²) in [6.45, 7) is 0.825. The maximum atomic E-state index is 5.78. The largest absolute Gasteiger partial charge is 0.493 e. The van der Waals surface area contributed by atoms with Crippen molar-refractivity contribution < 1.29 is 4.74 Å². The quantitative estimate of drug-likeness (QED) is 0.900. The zero-order valence-electron chi connectivity index (χ0n) is 12.6. The Bertz CT molecular complexity index is 567. The van der Waals surface area contributed by atoms with Gasteiger partial charge in [-0.15, -0.1) is 0 Å². The topological polar surface area (TPSA) is 21.3 Å². The van der Waals surface area contributed by atoms with Gasteiger partial charge in [0.1, 0.15) is 5.75 Å². The molecule has 0 radical (unpaired) electrons. The van der Waals surface area contributed by atoms with Crippen molar-refractivity contribution in [1.29, 1.82) is 0 Å². The molecular weight excluding hydrogens is 258 g/mol. The van der Waals surface area contributed by atoms with Gasteiger partial charge in [0.05, 0.1) is 6.61 Å². The van der Waals surface area contributed by atoms with Crippen LogP contribution in [0.15, 0.2) is 54.6 Å². The van der Waals surface area contributed by atoms with Gasteiger partial charge in [-0.25, -0.2) is 0 Å². The SMILES string of the molecule is CNC(CCc1ccccc1)C1CCOc2ccccc21. The first-order chi connectivity index (χ1) is 10.4. The summed E-state index contributed by atoms with van der Waals surface area (Å²) in [5.41, 5.74) is 2.77. The molecule has 2 nitrogen and oxygen atoms in total. The lowest BCUT2D eigenvalue weighted by Gasteiger charge is -2.32. The first-order valence-electron chi connectivity index (χ1n) is 7.81. The Balaban J connectivity index is 1.72. The number of para-hydroxylation sites is 1. The van der Waals surface area contributed by atoms with Crippen molar-refractivity contribution in [2.24, 2.45) is 0 Å². The Hall–Kier alpha value is -1.80. The summed E-state index contributed by atoms with van der Waals surface area (Å²) in [6.07, 6.45) is 3.36. The molecule has 2 unspecified atom stereocenters. The molecule has 2 aromatic carbocycles. The van der Waals surface area contributed by atoms with E-state index in [1.54, 1.807) is 0 Å². The van der Waals surface area contributed by atoms with Crippen LogP contribution in [0.2, 0.25) is 0 Å². The van der Waals surface area contributed by atoms with Crippen molar-refractivity contribution in [2.45, 2.75) is 31.2 Å². The summed E-state index contributed by atoms with van der Waals surface area (Å²) in [7, 11) is 2.08. The third kappa shape index (κ3) is 3.27. The lowest BCUT2D eigenvalue weighted by molar-refractivity contribution is 0.244. The van der Waals surface area contributed by atoms with Gasteiger partial charge in [0.2, 0.25) is 0 Å². The van der Waals surface area contributed by atoms with E-state index in [1.807, 2.05) is 0 Å². The van der Waals surface area contributed by atoms with Gasteiger partial charge in [-0.05, 0) is 43.5 Å². The molecule has 0 saturated carbocycles. The molecular formula is C19H23NO. The Morgan fingerprint density at radius 2 is 1.86 bits per heavy atom. The molecule has 2 heteroatoms. The van der Waals surface area contributed by atoms with Gasteiger partial charge >= 0.3 is 0 Å². The minimum atomic E-state index is 0.496. The third-order valence-corrected chi connectivity index (χ3v) is 4.45. The van der Waals surface area contributed by atoms with Crippen molar-refractivity contribution in [3.63, 3.8) is 0 Å². The highest BCUT2D eigenvalue weighted by molar-refractivity contribution is 5.38. The standard InChI is InChI=1S/C19H23NO/c1-20-18(12-11-15-7-3-2-4-8-15)16-13-14-21-19-10-6-5-9-17(16)19/h2-10,16,18,20H,11-14H2,1H3. The summed E-state index contributed by atoms with van der Waals surface area (Å²) < 4.78 is 5.78. The highest BCUT2D eigenvalue weighted by Gasteiger charge is 2.27. The second kappa shape index (κ2) is 6.77.